The van der Waals surface area contributed by atoms with E-state index in [0.717, 1.165) is 13.0 Å². The Hall–Kier alpha value is -0.0800. The predicted molar refractivity (Wildman–Crippen MR) is 41.8 cm³/mol. The van der Waals surface area contributed by atoms with Gasteiger partial charge in [0.25, 0.3) is 0 Å². The van der Waals surface area contributed by atoms with E-state index < -0.39 is 0 Å². The summed E-state index contributed by atoms with van der Waals surface area (Å²) in [5.74, 6) is 0.556. The summed E-state index contributed by atoms with van der Waals surface area (Å²) >= 11 is 0. The largest absolute Gasteiger partial charge is 0.373 e. The molecule has 0 radical (unpaired) electrons. The van der Waals surface area contributed by atoms with Gasteiger partial charge in [0.05, 0.1) is 5.60 Å². The molecule has 1 fully saturated rings. The lowest BCUT2D eigenvalue weighted by molar-refractivity contribution is -0.0251. The first kappa shape index (κ1) is 8.02. The van der Waals surface area contributed by atoms with Crippen LogP contribution in [0.4, 0.5) is 0 Å². The molecular weight excluding hydrogens is 126 g/mol. The van der Waals surface area contributed by atoms with E-state index in [1.165, 1.54) is 6.42 Å². The zero-order valence-electron chi connectivity index (χ0n) is 6.89. The van der Waals surface area contributed by atoms with Crippen LogP contribution in [0.5, 0.6) is 0 Å². The highest BCUT2D eigenvalue weighted by Gasteiger charge is 2.36. The third-order valence-electron chi connectivity index (χ3n) is 2.53. The average molecular weight is 143 g/mol. The minimum atomic E-state index is 0.0139. The summed E-state index contributed by atoms with van der Waals surface area (Å²) in [6.07, 6.45) is 2.32. The van der Waals surface area contributed by atoms with E-state index in [-0.39, 0.29) is 5.60 Å². The Morgan fingerprint density at radius 1 is 1.60 bits per heavy atom. The second kappa shape index (κ2) is 2.89. The summed E-state index contributed by atoms with van der Waals surface area (Å²) in [6.45, 7) is 5.93. The van der Waals surface area contributed by atoms with Crippen molar-refractivity contribution < 1.29 is 4.74 Å². The van der Waals surface area contributed by atoms with E-state index in [4.69, 9.17) is 10.5 Å². The normalized spacial score (nSPS) is 33.6. The van der Waals surface area contributed by atoms with E-state index in [1.807, 2.05) is 0 Å². The maximum atomic E-state index is 5.64. The summed E-state index contributed by atoms with van der Waals surface area (Å²) in [5.41, 5.74) is 5.66. The Kier molecular flexibility index (Phi) is 2.32. The van der Waals surface area contributed by atoms with E-state index in [9.17, 15) is 0 Å². The second-order valence-electron chi connectivity index (χ2n) is 3.38. The van der Waals surface area contributed by atoms with Gasteiger partial charge in [0, 0.05) is 13.2 Å². The van der Waals surface area contributed by atoms with E-state index in [0.29, 0.717) is 12.5 Å². The molecule has 2 nitrogen and oxygen atoms in total. The molecule has 1 aliphatic heterocycles. The van der Waals surface area contributed by atoms with Gasteiger partial charge in [0.1, 0.15) is 0 Å². The third kappa shape index (κ3) is 1.18. The Labute approximate surface area is 62.7 Å². The molecule has 2 heteroatoms. The molecule has 60 valence electrons. The van der Waals surface area contributed by atoms with E-state index in [1.54, 1.807) is 0 Å². The minimum Gasteiger partial charge on any atom is -0.373 e. The van der Waals surface area contributed by atoms with Crippen molar-refractivity contribution in [3.63, 3.8) is 0 Å². The highest BCUT2D eigenvalue weighted by Crippen LogP contribution is 2.31. The molecule has 0 amide bonds. The van der Waals surface area contributed by atoms with Crippen LogP contribution in [0.25, 0.3) is 0 Å². The van der Waals surface area contributed by atoms with Gasteiger partial charge in [-0.2, -0.15) is 0 Å². The second-order valence-corrected chi connectivity index (χ2v) is 3.38. The van der Waals surface area contributed by atoms with Gasteiger partial charge in [-0.15, -0.1) is 0 Å². The standard InChI is InChI=1S/C8H17NO/c1-7(2)8(6-9)4-3-5-10-8/h7H,3-6,9H2,1-2H3. The van der Waals surface area contributed by atoms with Gasteiger partial charge in [-0.3, -0.25) is 0 Å². The van der Waals surface area contributed by atoms with Gasteiger partial charge in [-0.05, 0) is 18.8 Å². The number of ether oxygens (including phenoxy) is 1. The Balaban J connectivity index is 2.58. The molecule has 0 aliphatic carbocycles. The molecule has 0 aromatic heterocycles. The minimum absolute atomic E-state index is 0.0139. The number of nitrogens with two attached hydrogens (primary N) is 1. The van der Waals surface area contributed by atoms with Crippen LogP contribution in [0.2, 0.25) is 0 Å². The lowest BCUT2D eigenvalue weighted by Gasteiger charge is -2.30. The molecule has 1 aliphatic rings. The van der Waals surface area contributed by atoms with Crippen LogP contribution in [0, 0.1) is 5.92 Å². The molecule has 0 aromatic rings. The van der Waals surface area contributed by atoms with Crippen molar-refractivity contribution in [3.05, 3.63) is 0 Å². The molecule has 1 rings (SSSR count). The maximum absolute atomic E-state index is 5.64. The van der Waals surface area contributed by atoms with Crippen molar-refractivity contribution in [2.45, 2.75) is 32.3 Å². The quantitative estimate of drug-likeness (QED) is 0.629. The lowest BCUT2D eigenvalue weighted by Crippen LogP contribution is -2.42. The fraction of sp³-hybridized carbons (Fsp3) is 1.00. The Morgan fingerprint density at radius 3 is 2.50 bits per heavy atom. The zero-order chi connectivity index (χ0) is 7.61. The third-order valence-corrected chi connectivity index (χ3v) is 2.53. The van der Waals surface area contributed by atoms with E-state index >= 15 is 0 Å². The molecule has 0 bridgehead atoms. The first-order chi connectivity index (χ1) is 4.71. The highest BCUT2D eigenvalue weighted by atomic mass is 16.5. The van der Waals surface area contributed by atoms with Crippen LogP contribution in [0.15, 0.2) is 0 Å². The van der Waals surface area contributed by atoms with Crippen LogP contribution in [-0.4, -0.2) is 18.8 Å². The summed E-state index contributed by atoms with van der Waals surface area (Å²) < 4.78 is 5.63. The molecule has 0 spiro atoms. The van der Waals surface area contributed by atoms with Crippen LogP contribution in [0.3, 0.4) is 0 Å². The molecule has 1 unspecified atom stereocenters. The van der Waals surface area contributed by atoms with Gasteiger partial charge in [0.15, 0.2) is 0 Å². The molecule has 10 heavy (non-hydrogen) atoms. The molecule has 1 saturated heterocycles. The topological polar surface area (TPSA) is 35.2 Å². The first-order valence-corrected chi connectivity index (χ1v) is 4.05. The average Bonchev–Trinajstić information content (AvgIpc) is 2.35. The molecule has 0 aromatic carbocycles. The van der Waals surface area contributed by atoms with Crippen molar-refractivity contribution in [3.8, 4) is 0 Å². The number of hydrogen-bond acceptors (Lipinski definition) is 2. The smallest absolute Gasteiger partial charge is 0.0827 e. The summed E-state index contributed by atoms with van der Waals surface area (Å²) in [7, 11) is 0. The van der Waals surface area contributed by atoms with Crippen LogP contribution >= 0.6 is 0 Å². The van der Waals surface area contributed by atoms with Crippen molar-refractivity contribution in [2.75, 3.05) is 13.2 Å². The number of rotatable bonds is 2. The fourth-order valence-corrected chi connectivity index (χ4v) is 1.57. The van der Waals surface area contributed by atoms with Crippen molar-refractivity contribution in [1.82, 2.24) is 0 Å². The van der Waals surface area contributed by atoms with Gasteiger partial charge in [0.2, 0.25) is 0 Å². The monoisotopic (exact) mass is 143 g/mol. The summed E-state index contributed by atoms with van der Waals surface area (Å²) in [6, 6.07) is 0. The fourth-order valence-electron chi connectivity index (χ4n) is 1.57. The summed E-state index contributed by atoms with van der Waals surface area (Å²) in [5, 5.41) is 0. The van der Waals surface area contributed by atoms with Crippen molar-refractivity contribution >= 4 is 0 Å². The van der Waals surface area contributed by atoms with Crippen molar-refractivity contribution in [1.29, 1.82) is 0 Å². The lowest BCUT2D eigenvalue weighted by atomic mass is 9.88. The molecule has 1 atom stereocenters. The van der Waals surface area contributed by atoms with Gasteiger partial charge in [-0.1, -0.05) is 13.8 Å². The van der Waals surface area contributed by atoms with Gasteiger partial charge < -0.3 is 10.5 Å². The molecular formula is C8H17NO. The number of hydrogen-bond donors (Lipinski definition) is 1. The van der Waals surface area contributed by atoms with Gasteiger partial charge in [-0.25, -0.2) is 0 Å². The van der Waals surface area contributed by atoms with Crippen LogP contribution in [0.1, 0.15) is 26.7 Å². The van der Waals surface area contributed by atoms with E-state index in [2.05, 4.69) is 13.8 Å². The van der Waals surface area contributed by atoms with Crippen molar-refractivity contribution in [2.24, 2.45) is 11.7 Å². The zero-order valence-corrected chi connectivity index (χ0v) is 6.89. The highest BCUT2D eigenvalue weighted by molar-refractivity contribution is 4.88. The SMILES string of the molecule is CC(C)C1(CN)CCCO1. The molecule has 0 saturated carbocycles. The van der Waals surface area contributed by atoms with Crippen LogP contribution < -0.4 is 5.73 Å². The Bertz CT molecular complexity index is 106. The molecule has 1 heterocycles. The molecule has 2 N–H and O–H groups in total. The maximum Gasteiger partial charge on any atom is 0.0827 e. The Morgan fingerprint density at radius 2 is 2.30 bits per heavy atom. The van der Waals surface area contributed by atoms with Gasteiger partial charge >= 0.3 is 0 Å². The van der Waals surface area contributed by atoms with Crippen LogP contribution in [-0.2, 0) is 4.74 Å². The first-order valence-electron chi connectivity index (χ1n) is 4.05. The summed E-state index contributed by atoms with van der Waals surface area (Å²) in [4.78, 5) is 0. The predicted octanol–water partition coefficient (Wildman–Crippen LogP) is 1.15.